The summed E-state index contributed by atoms with van der Waals surface area (Å²) >= 11 is 1.19. The number of thioether (sulfide) groups is 1. The molecule has 3 aromatic rings. The number of H-pyrrole nitrogens is 1. The highest BCUT2D eigenvalue weighted by Crippen LogP contribution is 2.31. The predicted molar refractivity (Wildman–Crippen MR) is 79.9 cm³/mol. The van der Waals surface area contributed by atoms with Crippen LogP contribution in [0.3, 0.4) is 0 Å². The van der Waals surface area contributed by atoms with Gasteiger partial charge >= 0.3 is 0 Å². The molecule has 92 valence electrons. The lowest BCUT2D eigenvalue weighted by atomic mass is 10.1. The molecule has 19 heavy (non-hydrogen) atoms. The van der Waals surface area contributed by atoms with Crippen molar-refractivity contribution in [1.29, 1.82) is 5.26 Å². The van der Waals surface area contributed by atoms with Gasteiger partial charge in [-0.1, -0.05) is 36.4 Å². The first kappa shape index (κ1) is 11.9. The fourth-order valence-electron chi connectivity index (χ4n) is 2.33. The highest BCUT2D eigenvalue weighted by molar-refractivity contribution is 8.03. The van der Waals surface area contributed by atoms with Gasteiger partial charge in [-0.15, -0.1) is 0 Å². The summed E-state index contributed by atoms with van der Waals surface area (Å²) in [5, 5.41) is 12.0. The summed E-state index contributed by atoms with van der Waals surface area (Å²) < 4.78 is 0. The van der Waals surface area contributed by atoms with Crippen LogP contribution in [0.25, 0.3) is 22.2 Å². The van der Waals surface area contributed by atoms with Gasteiger partial charge in [-0.05, 0) is 41.9 Å². The summed E-state index contributed by atoms with van der Waals surface area (Å²) in [5.74, 6) is 0. The van der Waals surface area contributed by atoms with Gasteiger partial charge in [0.15, 0.2) is 0 Å². The number of nitrogens with zero attached hydrogens (tertiary/aromatic N) is 1. The molecule has 1 heterocycles. The number of aromatic amines is 1. The summed E-state index contributed by atoms with van der Waals surface area (Å²) in [6.45, 7) is 2.12. The Bertz CT molecular complexity index is 767. The standard InChI is InChI=1S/C16H12N2S/c1-11-14-8-7-13(19-10-17)9-15(14)18-16(11)12-5-3-2-4-6-12/h2-9,18H,1H3. The van der Waals surface area contributed by atoms with Crippen molar-refractivity contribution in [2.45, 2.75) is 11.8 Å². The molecule has 1 aromatic heterocycles. The molecule has 0 unspecified atom stereocenters. The fourth-order valence-corrected chi connectivity index (χ4v) is 2.74. The number of hydrogen-bond donors (Lipinski definition) is 1. The SMILES string of the molecule is Cc1c(-c2ccccc2)[nH]c2cc(SC#N)ccc12. The second-order valence-corrected chi connectivity index (χ2v) is 5.25. The maximum atomic E-state index is 8.73. The Morgan fingerprint density at radius 1 is 1.11 bits per heavy atom. The van der Waals surface area contributed by atoms with Crippen LogP contribution in [0.1, 0.15) is 5.56 Å². The summed E-state index contributed by atoms with van der Waals surface area (Å²) in [6, 6.07) is 16.4. The number of rotatable bonds is 2. The fraction of sp³-hybridized carbons (Fsp3) is 0.0625. The monoisotopic (exact) mass is 264 g/mol. The molecule has 3 heteroatoms. The van der Waals surface area contributed by atoms with E-state index in [0.29, 0.717) is 0 Å². The molecule has 0 aliphatic heterocycles. The molecule has 0 bridgehead atoms. The smallest absolute Gasteiger partial charge is 0.138 e. The lowest BCUT2D eigenvalue weighted by Crippen LogP contribution is -1.78. The van der Waals surface area contributed by atoms with Crippen molar-refractivity contribution in [2.24, 2.45) is 0 Å². The van der Waals surface area contributed by atoms with E-state index in [1.54, 1.807) is 0 Å². The molecule has 0 saturated carbocycles. The van der Waals surface area contributed by atoms with E-state index in [0.717, 1.165) is 16.1 Å². The number of benzene rings is 2. The van der Waals surface area contributed by atoms with Gasteiger partial charge in [-0.2, -0.15) is 5.26 Å². The molecule has 0 amide bonds. The predicted octanol–water partition coefficient (Wildman–Crippen LogP) is 4.72. The van der Waals surface area contributed by atoms with Gasteiger partial charge < -0.3 is 4.98 Å². The maximum absolute atomic E-state index is 8.73. The van der Waals surface area contributed by atoms with Crippen LogP contribution in [0.15, 0.2) is 53.4 Å². The highest BCUT2D eigenvalue weighted by atomic mass is 32.2. The van der Waals surface area contributed by atoms with E-state index >= 15 is 0 Å². The van der Waals surface area contributed by atoms with Gasteiger partial charge in [-0.25, -0.2) is 0 Å². The normalized spacial score (nSPS) is 10.5. The number of aromatic nitrogens is 1. The maximum Gasteiger partial charge on any atom is 0.138 e. The zero-order chi connectivity index (χ0) is 13.2. The molecule has 0 atom stereocenters. The van der Waals surface area contributed by atoms with Crippen LogP contribution in [-0.2, 0) is 0 Å². The second kappa shape index (κ2) is 4.83. The topological polar surface area (TPSA) is 39.6 Å². The lowest BCUT2D eigenvalue weighted by molar-refractivity contribution is 1.40. The van der Waals surface area contributed by atoms with Crippen LogP contribution < -0.4 is 0 Å². The molecule has 0 saturated heterocycles. The summed E-state index contributed by atoms with van der Waals surface area (Å²) in [7, 11) is 0. The molecule has 0 aliphatic carbocycles. The Hall–Kier alpha value is -2.18. The molecule has 0 aliphatic rings. The molecule has 0 spiro atoms. The van der Waals surface area contributed by atoms with E-state index in [-0.39, 0.29) is 0 Å². The van der Waals surface area contributed by atoms with Crippen LogP contribution >= 0.6 is 11.8 Å². The van der Waals surface area contributed by atoms with Crippen LogP contribution in [0.2, 0.25) is 0 Å². The van der Waals surface area contributed by atoms with Crippen molar-refractivity contribution in [1.82, 2.24) is 4.98 Å². The van der Waals surface area contributed by atoms with Crippen molar-refractivity contribution in [3.63, 3.8) is 0 Å². The minimum atomic E-state index is 0.968. The van der Waals surface area contributed by atoms with E-state index in [4.69, 9.17) is 5.26 Å². The largest absolute Gasteiger partial charge is 0.354 e. The van der Waals surface area contributed by atoms with Gasteiger partial charge in [0.25, 0.3) is 0 Å². The molecule has 2 nitrogen and oxygen atoms in total. The molecule has 1 N–H and O–H groups in total. The van der Waals surface area contributed by atoms with Gasteiger partial charge in [0.2, 0.25) is 0 Å². The molecule has 3 rings (SSSR count). The number of aryl methyl sites for hydroxylation is 1. The van der Waals surface area contributed by atoms with Crippen LogP contribution in [-0.4, -0.2) is 4.98 Å². The van der Waals surface area contributed by atoms with E-state index in [1.165, 1.54) is 28.3 Å². The summed E-state index contributed by atoms with van der Waals surface area (Å²) in [6.07, 6.45) is 0. The Morgan fingerprint density at radius 3 is 2.63 bits per heavy atom. The average molecular weight is 264 g/mol. The lowest BCUT2D eigenvalue weighted by Gasteiger charge is -1.99. The summed E-state index contributed by atoms with van der Waals surface area (Å²) in [4.78, 5) is 4.42. The zero-order valence-corrected chi connectivity index (χ0v) is 11.3. The first-order valence-electron chi connectivity index (χ1n) is 6.03. The first-order chi connectivity index (χ1) is 9.29. The van der Waals surface area contributed by atoms with Crippen LogP contribution in [0.4, 0.5) is 0 Å². The van der Waals surface area contributed by atoms with E-state index < -0.39 is 0 Å². The molecule has 2 aromatic carbocycles. The number of nitriles is 1. The van der Waals surface area contributed by atoms with Crippen molar-refractivity contribution in [3.05, 3.63) is 54.1 Å². The van der Waals surface area contributed by atoms with Gasteiger partial charge in [-0.3, -0.25) is 0 Å². The molecule has 0 radical (unpaired) electrons. The van der Waals surface area contributed by atoms with Gasteiger partial charge in [0.1, 0.15) is 5.40 Å². The number of fused-ring (bicyclic) bond motifs is 1. The molecular formula is C16H12N2S. The van der Waals surface area contributed by atoms with Gasteiger partial charge in [0, 0.05) is 21.5 Å². The van der Waals surface area contributed by atoms with Crippen LogP contribution in [0.5, 0.6) is 0 Å². The van der Waals surface area contributed by atoms with Gasteiger partial charge in [0.05, 0.1) is 0 Å². The Morgan fingerprint density at radius 2 is 1.89 bits per heavy atom. The third-order valence-electron chi connectivity index (χ3n) is 3.26. The minimum Gasteiger partial charge on any atom is -0.354 e. The molecule has 0 fully saturated rings. The van der Waals surface area contributed by atoms with Crippen molar-refractivity contribution < 1.29 is 0 Å². The average Bonchev–Trinajstić information content (AvgIpc) is 2.77. The minimum absolute atomic E-state index is 0.968. The second-order valence-electron chi connectivity index (χ2n) is 4.39. The first-order valence-corrected chi connectivity index (χ1v) is 6.85. The molecular weight excluding hydrogens is 252 g/mol. The van der Waals surface area contributed by atoms with E-state index in [9.17, 15) is 0 Å². The Balaban J connectivity index is 2.18. The van der Waals surface area contributed by atoms with Crippen molar-refractivity contribution >= 4 is 22.7 Å². The number of thiocyanates is 1. The Labute approximate surface area is 116 Å². The summed E-state index contributed by atoms with van der Waals surface area (Å²) in [5.41, 5.74) is 4.66. The third kappa shape index (κ3) is 2.11. The van der Waals surface area contributed by atoms with Crippen molar-refractivity contribution in [3.8, 4) is 16.7 Å². The van der Waals surface area contributed by atoms with Crippen LogP contribution in [0, 0.1) is 17.6 Å². The number of hydrogen-bond acceptors (Lipinski definition) is 2. The highest BCUT2D eigenvalue weighted by Gasteiger charge is 2.09. The van der Waals surface area contributed by atoms with E-state index in [1.807, 2.05) is 30.3 Å². The number of nitrogens with one attached hydrogen (secondary N) is 1. The zero-order valence-electron chi connectivity index (χ0n) is 10.5. The van der Waals surface area contributed by atoms with E-state index in [2.05, 4.69) is 35.5 Å². The Kier molecular flexibility index (Phi) is 3.02. The quantitative estimate of drug-likeness (QED) is 0.537. The van der Waals surface area contributed by atoms with Crippen molar-refractivity contribution in [2.75, 3.05) is 0 Å². The third-order valence-corrected chi connectivity index (χ3v) is 3.84.